The van der Waals surface area contributed by atoms with E-state index in [0.29, 0.717) is 16.6 Å². The third-order valence-electron chi connectivity index (χ3n) is 4.30. The molecule has 0 spiro atoms. The predicted molar refractivity (Wildman–Crippen MR) is 122 cm³/mol. The van der Waals surface area contributed by atoms with Gasteiger partial charge in [-0.3, -0.25) is 4.72 Å². The second-order valence-electron chi connectivity index (χ2n) is 6.59. The van der Waals surface area contributed by atoms with Crippen LogP contribution in [-0.2, 0) is 10.0 Å². The SMILES string of the molecule is Cc1cc(NS(=O)(=O)c2ccc(NC(=S)Nc3ccc4ccccc4c3)cc2)no1. The van der Waals surface area contributed by atoms with Crippen LogP contribution in [0.1, 0.15) is 5.76 Å². The summed E-state index contributed by atoms with van der Waals surface area (Å²) in [5, 5.41) is 12.5. The number of fused-ring (bicyclic) bond motifs is 1. The number of nitrogens with one attached hydrogen (secondary N) is 3. The lowest BCUT2D eigenvalue weighted by Crippen LogP contribution is -2.19. The van der Waals surface area contributed by atoms with Crippen molar-refractivity contribution in [2.75, 3.05) is 15.4 Å². The lowest BCUT2D eigenvalue weighted by molar-refractivity contribution is 0.400. The van der Waals surface area contributed by atoms with Gasteiger partial charge in [0.2, 0.25) is 0 Å². The molecule has 9 heteroatoms. The first-order chi connectivity index (χ1) is 14.4. The Kier molecular flexibility index (Phi) is 5.39. The third-order valence-corrected chi connectivity index (χ3v) is 5.87. The maximum atomic E-state index is 12.4. The molecule has 30 heavy (non-hydrogen) atoms. The highest BCUT2D eigenvalue weighted by Gasteiger charge is 2.16. The number of hydrogen-bond acceptors (Lipinski definition) is 5. The summed E-state index contributed by atoms with van der Waals surface area (Å²) in [7, 11) is -3.76. The lowest BCUT2D eigenvalue weighted by Gasteiger charge is -2.12. The first kappa shape index (κ1) is 19.9. The van der Waals surface area contributed by atoms with Crippen LogP contribution < -0.4 is 15.4 Å². The fourth-order valence-electron chi connectivity index (χ4n) is 2.89. The van der Waals surface area contributed by atoms with E-state index in [1.807, 2.05) is 42.5 Å². The minimum Gasteiger partial charge on any atom is -0.360 e. The number of hydrogen-bond donors (Lipinski definition) is 3. The van der Waals surface area contributed by atoms with Crippen molar-refractivity contribution in [1.82, 2.24) is 5.16 Å². The normalized spacial score (nSPS) is 11.2. The molecule has 0 fully saturated rings. The fourth-order valence-corrected chi connectivity index (χ4v) is 4.11. The van der Waals surface area contributed by atoms with Gasteiger partial charge in [-0.15, -0.1) is 0 Å². The first-order valence-electron chi connectivity index (χ1n) is 9.02. The molecular weight excluding hydrogens is 420 g/mol. The van der Waals surface area contributed by atoms with E-state index < -0.39 is 10.0 Å². The van der Waals surface area contributed by atoms with Gasteiger partial charge in [0.1, 0.15) is 5.76 Å². The summed E-state index contributed by atoms with van der Waals surface area (Å²) in [5.41, 5.74) is 1.52. The highest BCUT2D eigenvalue weighted by molar-refractivity contribution is 7.92. The maximum absolute atomic E-state index is 12.4. The summed E-state index contributed by atoms with van der Waals surface area (Å²) in [6.07, 6.45) is 0. The molecule has 7 nitrogen and oxygen atoms in total. The van der Waals surface area contributed by atoms with Crippen LogP contribution in [0.15, 0.2) is 82.2 Å². The van der Waals surface area contributed by atoms with Crippen LogP contribution in [0.3, 0.4) is 0 Å². The van der Waals surface area contributed by atoms with Crippen molar-refractivity contribution in [2.45, 2.75) is 11.8 Å². The molecule has 0 atom stereocenters. The van der Waals surface area contributed by atoms with Crippen molar-refractivity contribution >= 4 is 55.3 Å². The summed E-state index contributed by atoms with van der Waals surface area (Å²) in [4.78, 5) is 0.0992. The van der Waals surface area contributed by atoms with Gasteiger partial charge in [0.25, 0.3) is 10.0 Å². The quantitative estimate of drug-likeness (QED) is 0.387. The summed E-state index contributed by atoms with van der Waals surface area (Å²) in [6, 6.07) is 21.8. The number of thiocarbonyl (C=S) groups is 1. The number of aryl methyl sites for hydroxylation is 1. The van der Waals surface area contributed by atoms with Crippen molar-refractivity contribution in [3.8, 4) is 0 Å². The van der Waals surface area contributed by atoms with Gasteiger partial charge in [0, 0.05) is 17.4 Å². The Balaban J connectivity index is 1.41. The van der Waals surface area contributed by atoms with Crippen LogP contribution in [0.4, 0.5) is 17.2 Å². The number of rotatable bonds is 5. The van der Waals surface area contributed by atoms with Crippen LogP contribution in [0, 0.1) is 6.92 Å². The van der Waals surface area contributed by atoms with Gasteiger partial charge in [-0.2, -0.15) is 0 Å². The topological polar surface area (TPSA) is 96.3 Å². The van der Waals surface area contributed by atoms with Crippen molar-refractivity contribution in [3.05, 3.63) is 78.6 Å². The number of benzene rings is 3. The molecule has 152 valence electrons. The molecule has 0 aliphatic rings. The highest BCUT2D eigenvalue weighted by Crippen LogP contribution is 2.20. The van der Waals surface area contributed by atoms with Crippen LogP contribution >= 0.6 is 12.2 Å². The van der Waals surface area contributed by atoms with Gasteiger partial charge in [-0.1, -0.05) is 35.5 Å². The molecule has 3 N–H and O–H groups in total. The molecule has 0 amide bonds. The molecule has 1 aromatic heterocycles. The van der Waals surface area contributed by atoms with Crippen LogP contribution in [0.25, 0.3) is 10.8 Å². The van der Waals surface area contributed by atoms with E-state index in [0.717, 1.165) is 16.5 Å². The van der Waals surface area contributed by atoms with Crippen molar-refractivity contribution < 1.29 is 12.9 Å². The van der Waals surface area contributed by atoms with Crippen LogP contribution in [0.5, 0.6) is 0 Å². The largest absolute Gasteiger partial charge is 0.360 e. The van der Waals surface area contributed by atoms with Gasteiger partial charge in [-0.05, 0) is 66.3 Å². The van der Waals surface area contributed by atoms with Crippen molar-refractivity contribution in [1.29, 1.82) is 0 Å². The predicted octanol–water partition coefficient (Wildman–Crippen LogP) is 4.75. The van der Waals surface area contributed by atoms with Gasteiger partial charge >= 0.3 is 0 Å². The summed E-state index contributed by atoms with van der Waals surface area (Å²) >= 11 is 5.36. The summed E-state index contributed by atoms with van der Waals surface area (Å²) < 4.78 is 32.1. The lowest BCUT2D eigenvalue weighted by atomic mass is 10.1. The Hall–Kier alpha value is -3.43. The zero-order valence-electron chi connectivity index (χ0n) is 15.9. The van der Waals surface area contributed by atoms with E-state index in [2.05, 4.69) is 20.5 Å². The molecule has 1 heterocycles. The standard InChI is InChI=1S/C21H18N4O3S2/c1-14-12-20(24-28-14)25-30(26,27)19-10-8-17(9-11-19)22-21(29)23-18-7-6-15-4-2-3-5-16(15)13-18/h2-13H,1H3,(H,24,25)(H2,22,23,29). The van der Waals surface area contributed by atoms with E-state index in [-0.39, 0.29) is 10.7 Å². The number of nitrogens with zero attached hydrogens (tertiary/aromatic N) is 1. The second kappa shape index (κ2) is 8.13. The van der Waals surface area contributed by atoms with Gasteiger partial charge in [-0.25, -0.2) is 8.42 Å². The average Bonchev–Trinajstić information content (AvgIpc) is 3.12. The molecule has 0 aliphatic heterocycles. The minimum absolute atomic E-state index is 0.0992. The smallest absolute Gasteiger partial charge is 0.263 e. The Morgan fingerprint density at radius 3 is 2.27 bits per heavy atom. The van der Waals surface area contributed by atoms with Crippen LogP contribution in [-0.4, -0.2) is 18.7 Å². The molecule has 3 aromatic carbocycles. The van der Waals surface area contributed by atoms with Gasteiger partial charge in [0.05, 0.1) is 4.90 Å². The minimum atomic E-state index is -3.76. The average molecular weight is 439 g/mol. The van der Waals surface area contributed by atoms with Crippen LogP contribution in [0.2, 0.25) is 0 Å². The van der Waals surface area contributed by atoms with E-state index in [1.165, 1.54) is 18.2 Å². The first-order valence-corrected chi connectivity index (χ1v) is 10.9. The fraction of sp³-hybridized carbons (Fsp3) is 0.0476. The zero-order chi connectivity index (χ0) is 21.1. The number of aromatic nitrogens is 1. The third kappa shape index (κ3) is 4.58. The van der Waals surface area contributed by atoms with Gasteiger partial charge < -0.3 is 15.2 Å². The highest BCUT2D eigenvalue weighted by atomic mass is 32.2. The maximum Gasteiger partial charge on any atom is 0.263 e. The van der Waals surface area contributed by atoms with Crippen molar-refractivity contribution in [2.24, 2.45) is 0 Å². The van der Waals surface area contributed by atoms with Gasteiger partial charge in [0.15, 0.2) is 10.9 Å². The molecule has 4 aromatic rings. The summed E-state index contributed by atoms with van der Waals surface area (Å²) in [6.45, 7) is 1.68. The zero-order valence-corrected chi connectivity index (χ0v) is 17.5. The van der Waals surface area contributed by atoms with E-state index >= 15 is 0 Å². The molecule has 0 aliphatic carbocycles. The molecule has 4 rings (SSSR count). The molecule has 0 unspecified atom stereocenters. The van der Waals surface area contributed by atoms with E-state index in [1.54, 1.807) is 19.1 Å². The molecular formula is C21H18N4O3S2. The monoisotopic (exact) mass is 438 g/mol. The molecule has 0 bridgehead atoms. The molecule has 0 radical (unpaired) electrons. The van der Waals surface area contributed by atoms with Crippen molar-refractivity contribution in [3.63, 3.8) is 0 Å². The Labute approximate surface area is 179 Å². The summed E-state index contributed by atoms with van der Waals surface area (Å²) in [5.74, 6) is 0.648. The Morgan fingerprint density at radius 1 is 0.900 bits per heavy atom. The molecule has 0 saturated carbocycles. The Morgan fingerprint density at radius 2 is 1.57 bits per heavy atom. The Bertz CT molecular complexity index is 1320. The molecule has 0 saturated heterocycles. The van der Waals surface area contributed by atoms with E-state index in [9.17, 15) is 8.42 Å². The van der Waals surface area contributed by atoms with E-state index in [4.69, 9.17) is 16.7 Å². The number of sulfonamides is 1. The number of anilines is 3. The second-order valence-corrected chi connectivity index (χ2v) is 8.68.